The molecule has 6 nitrogen and oxygen atoms in total. The quantitative estimate of drug-likeness (QED) is 0.806. The molecule has 0 radical (unpaired) electrons. The van der Waals surface area contributed by atoms with Gasteiger partial charge in [0.15, 0.2) is 6.10 Å². The van der Waals surface area contributed by atoms with Gasteiger partial charge in [0, 0.05) is 26.0 Å². The van der Waals surface area contributed by atoms with Crippen LogP contribution in [-0.2, 0) is 27.9 Å². The van der Waals surface area contributed by atoms with Crippen LogP contribution in [0.3, 0.4) is 0 Å². The van der Waals surface area contributed by atoms with Crippen molar-refractivity contribution >= 4 is 11.9 Å². The van der Waals surface area contributed by atoms with Crippen molar-refractivity contribution < 1.29 is 19.4 Å². The second-order valence-corrected chi connectivity index (χ2v) is 4.43. The van der Waals surface area contributed by atoms with Gasteiger partial charge < -0.3 is 19.7 Å². The molecule has 2 rings (SSSR count). The maximum atomic E-state index is 11.8. The van der Waals surface area contributed by atoms with E-state index in [0.717, 1.165) is 5.56 Å². The summed E-state index contributed by atoms with van der Waals surface area (Å²) < 4.78 is 7.06. The largest absolute Gasteiger partial charge is 0.479 e. The number of nitrogens with zero attached hydrogens (tertiary/aromatic N) is 1. The highest BCUT2D eigenvalue weighted by atomic mass is 16.5. The van der Waals surface area contributed by atoms with Gasteiger partial charge in [0.1, 0.15) is 6.10 Å². The molecule has 1 amide bonds. The van der Waals surface area contributed by atoms with Crippen molar-refractivity contribution in [2.24, 2.45) is 7.05 Å². The summed E-state index contributed by atoms with van der Waals surface area (Å²) in [7, 11) is 1.91. The van der Waals surface area contributed by atoms with Crippen LogP contribution in [0.1, 0.15) is 18.4 Å². The number of hydrogen-bond donors (Lipinski definition) is 2. The maximum Gasteiger partial charge on any atom is 0.332 e. The topological polar surface area (TPSA) is 80.6 Å². The molecule has 0 aromatic carbocycles. The maximum absolute atomic E-state index is 11.8. The number of carbonyl (C=O) groups is 2. The lowest BCUT2D eigenvalue weighted by atomic mass is 10.2. The van der Waals surface area contributed by atoms with Gasteiger partial charge in [-0.2, -0.15) is 0 Å². The first kappa shape index (κ1) is 12.6. The predicted molar refractivity (Wildman–Crippen MR) is 62.8 cm³/mol. The van der Waals surface area contributed by atoms with Gasteiger partial charge in [-0.3, -0.25) is 4.79 Å². The minimum Gasteiger partial charge on any atom is -0.479 e. The summed E-state index contributed by atoms with van der Waals surface area (Å²) in [5.74, 6) is -1.25. The van der Waals surface area contributed by atoms with Crippen LogP contribution < -0.4 is 5.32 Å². The Balaban J connectivity index is 1.80. The fourth-order valence-electron chi connectivity index (χ4n) is 1.98. The van der Waals surface area contributed by atoms with Gasteiger partial charge in [-0.1, -0.05) is 0 Å². The molecule has 2 N–H and O–H groups in total. The third-order valence-electron chi connectivity index (χ3n) is 2.95. The van der Waals surface area contributed by atoms with Crippen molar-refractivity contribution in [1.82, 2.24) is 9.88 Å². The van der Waals surface area contributed by atoms with Crippen LogP contribution in [0.2, 0.25) is 0 Å². The molecular weight excluding hydrogens is 236 g/mol. The fraction of sp³-hybridized carbons (Fsp3) is 0.500. The second kappa shape index (κ2) is 5.22. The van der Waals surface area contributed by atoms with Crippen molar-refractivity contribution in [2.45, 2.75) is 31.6 Å². The van der Waals surface area contributed by atoms with Gasteiger partial charge in [0.05, 0.1) is 0 Å². The van der Waals surface area contributed by atoms with Gasteiger partial charge in [-0.05, 0) is 24.5 Å². The van der Waals surface area contributed by atoms with E-state index in [1.807, 2.05) is 30.1 Å². The minimum atomic E-state index is -1.01. The summed E-state index contributed by atoms with van der Waals surface area (Å²) in [5.41, 5.74) is 0.999. The van der Waals surface area contributed by atoms with Crippen molar-refractivity contribution in [3.8, 4) is 0 Å². The van der Waals surface area contributed by atoms with Crippen LogP contribution in [-0.4, -0.2) is 33.8 Å². The average molecular weight is 252 g/mol. The number of aliphatic carboxylic acids is 1. The van der Waals surface area contributed by atoms with Crippen LogP contribution in [0.15, 0.2) is 18.5 Å². The molecule has 0 bridgehead atoms. The van der Waals surface area contributed by atoms with Gasteiger partial charge in [-0.25, -0.2) is 4.79 Å². The highest BCUT2D eigenvalue weighted by Gasteiger charge is 2.34. The number of carboxylic acids is 1. The molecular formula is C12H16N2O4. The Bertz CT molecular complexity index is 455. The minimum absolute atomic E-state index is 0.248. The number of aryl methyl sites for hydroxylation is 1. The zero-order valence-electron chi connectivity index (χ0n) is 10.1. The summed E-state index contributed by atoms with van der Waals surface area (Å²) in [5, 5.41) is 11.5. The molecule has 18 heavy (non-hydrogen) atoms. The molecule has 1 aromatic heterocycles. The van der Waals surface area contributed by atoms with Gasteiger partial charge >= 0.3 is 5.97 Å². The van der Waals surface area contributed by atoms with Crippen molar-refractivity contribution in [3.05, 3.63) is 24.0 Å². The zero-order chi connectivity index (χ0) is 13.1. The van der Waals surface area contributed by atoms with Crippen LogP contribution in [0, 0.1) is 0 Å². The van der Waals surface area contributed by atoms with E-state index < -0.39 is 18.2 Å². The lowest BCUT2D eigenvalue weighted by molar-refractivity contribution is -0.151. The zero-order valence-corrected chi connectivity index (χ0v) is 10.1. The Hall–Kier alpha value is -1.82. The summed E-state index contributed by atoms with van der Waals surface area (Å²) in [6.45, 7) is 0.428. The molecule has 1 aliphatic rings. The molecule has 1 fully saturated rings. The van der Waals surface area contributed by atoms with E-state index >= 15 is 0 Å². The normalized spacial score (nSPS) is 22.9. The lowest BCUT2D eigenvalue weighted by Crippen LogP contribution is -2.35. The first-order valence-electron chi connectivity index (χ1n) is 5.83. The number of ether oxygens (including phenoxy) is 1. The highest BCUT2D eigenvalue weighted by Crippen LogP contribution is 2.20. The smallest absolute Gasteiger partial charge is 0.332 e. The fourth-order valence-corrected chi connectivity index (χ4v) is 1.98. The molecule has 1 aromatic rings. The average Bonchev–Trinajstić information content (AvgIpc) is 2.94. The molecule has 0 unspecified atom stereocenters. The lowest BCUT2D eigenvalue weighted by Gasteiger charge is -2.11. The molecule has 1 aliphatic heterocycles. The SMILES string of the molecule is Cn1ccc(CNC(=O)[C@@H]2CC[C@H](C(=O)O)O2)c1. The van der Waals surface area contributed by atoms with Crippen molar-refractivity contribution in [3.63, 3.8) is 0 Å². The number of amides is 1. The predicted octanol–water partition coefficient (Wildman–Crippen LogP) is 0.273. The monoisotopic (exact) mass is 252 g/mol. The second-order valence-electron chi connectivity index (χ2n) is 4.43. The van der Waals surface area contributed by atoms with E-state index in [2.05, 4.69) is 5.32 Å². The summed E-state index contributed by atoms with van der Waals surface area (Å²) in [4.78, 5) is 22.5. The molecule has 6 heteroatoms. The Morgan fingerprint density at radius 2 is 2.22 bits per heavy atom. The Kier molecular flexibility index (Phi) is 3.66. The van der Waals surface area contributed by atoms with Crippen molar-refractivity contribution in [2.75, 3.05) is 0 Å². The molecule has 0 saturated carbocycles. The summed E-state index contributed by atoms with van der Waals surface area (Å²) in [6, 6.07) is 1.91. The van der Waals surface area contributed by atoms with E-state index in [1.165, 1.54) is 0 Å². The van der Waals surface area contributed by atoms with Crippen molar-refractivity contribution in [1.29, 1.82) is 0 Å². The summed E-state index contributed by atoms with van der Waals surface area (Å²) in [6.07, 6.45) is 3.16. The number of carboxylic acid groups (broad SMARTS) is 1. The standard InChI is InChI=1S/C12H16N2O4/c1-14-5-4-8(7-14)6-13-11(15)9-2-3-10(18-9)12(16)17/h4-5,7,9-10H,2-3,6H2,1H3,(H,13,15)(H,16,17)/t9-,10+/m0/s1. The van der Waals surface area contributed by atoms with E-state index in [4.69, 9.17) is 9.84 Å². The van der Waals surface area contributed by atoms with Gasteiger partial charge in [0.2, 0.25) is 5.91 Å². The third kappa shape index (κ3) is 2.89. The molecule has 0 spiro atoms. The number of nitrogens with one attached hydrogen (secondary N) is 1. The van der Waals surface area contributed by atoms with E-state index in [1.54, 1.807) is 0 Å². The van der Waals surface area contributed by atoms with Gasteiger partial charge in [-0.15, -0.1) is 0 Å². The van der Waals surface area contributed by atoms with Crippen LogP contribution in [0.5, 0.6) is 0 Å². The Morgan fingerprint density at radius 3 is 2.78 bits per heavy atom. The highest BCUT2D eigenvalue weighted by molar-refractivity contribution is 5.82. The number of hydrogen-bond acceptors (Lipinski definition) is 3. The van der Waals surface area contributed by atoms with Gasteiger partial charge in [0.25, 0.3) is 0 Å². The van der Waals surface area contributed by atoms with E-state index in [-0.39, 0.29) is 5.91 Å². The van der Waals surface area contributed by atoms with E-state index in [9.17, 15) is 9.59 Å². The molecule has 2 atom stereocenters. The molecule has 2 heterocycles. The number of carbonyl (C=O) groups excluding carboxylic acids is 1. The molecule has 0 aliphatic carbocycles. The Morgan fingerprint density at radius 1 is 1.50 bits per heavy atom. The van der Waals surface area contributed by atoms with E-state index in [0.29, 0.717) is 19.4 Å². The first-order chi connectivity index (χ1) is 8.56. The summed E-state index contributed by atoms with van der Waals surface area (Å²) >= 11 is 0. The Labute approximate surface area is 105 Å². The molecule has 98 valence electrons. The third-order valence-corrected chi connectivity index (χ3v) is 2.95. The first-order valence-corrected chi connectivity index (χ1v) is 5.83. The molecule has 1 saturated heterocycles. The van der Waals surface area contributed by atoms with Crippen LogP contribution in [0.25, 0.3) is 0 Å². The number of rotatable bonds is 4. The van der Waals surface area contributed by atoms with Crippen LogP contribution in [0.4, 0.5) is 0 Å². The van der Waals surface area contributed by atoms with Crippen LogP contribution >= 0.6 is 0 Å². The number of aromatic nitrogens is 1.